The predicted molar refractivity (Wildman–Crippen MR) is 83.8 cm³/mol. The second-order valence-electron chi connectivity index (χ2n) is 5.89. The Kier molecular flexibility index (Phi) is 5.80. The Balaban J connectivity index is 2.07. The normalized spacial score (nSPS) is 22.0. The second-order valence-corrected chi connectivity index (χ2v) is 5.89. The maximum Gasteiger partial charge on any atom is 0.159 e. The van der Waals surface area contributed by atoms with E-state index < -0.39 is 0 Å². The van der Waals surface area contributed by atoms with Crippen molar-refractivity contribution in [1.29, 1.82) is 0 Å². The minimum Gasteiger partial charge on any atom is -0.496 e. The standard InChI is InChI=1S/C18H26O3/c1-4-14-7-5-6-8-18(14)21-12-16-11-15(13(2)19)9-10-17(16)20-3/h9-11,14,18H,4-8,12H2,1-3H3. The number of benzene rings is 1. The van der Waals surface area contributed by atoms with Crippen molar-refractivity contribution in [3.63, 3.8) is 0 Å². The van der Waals surface area contributed by atoms with E-state index in [4.69, 9.17) is 9.47 Å². The summed E-state index contributed by atoms with van der Waals surface area (Å²) >= 11 is 0. The average molecular weight is 290 g/mol. The number of carbonyl (C=O) groups excluding carboxylic acids is 1. The lowest BCUT2D eigenvalue weighted by molar-refractivity contribution is -0.0227. The van der Waals surface area contributed by atoms with Crippen molar-refractivity contribution in [2.45, 2.75) is 58.7 Å². The van der Waals surface area contributed by atoms with Gasteiger partial charge < -0.3 is 9.47 Å². The number of carbonyl (C=O) groups is 1. The van der Waals surface area contributed by atoms with Crippen LogP contribution in [0, 0.1) is 5.92 Å². The van der Waals surface area contributed by atoms with Gasteiger partial charge in [-0.1, -0.05) is 26.2 Å². The Labute approximate surface area is 127 Å². The summed E-state index contributed by atoms with van der Waals surface area (Å²) in [6.45, 7) is 4.34. The number of hydrogen-bond donors (Lipinski definition) is 0. The van der Waals surface area contributed by atoms with E-state index in [2.05, 4.69) is 6.92 Å². The smallest absolute Gasteiger partial charge is 0.159 e. The van der Waals surface area contributed by atoms with Gasteiger partial charge in [0.1, 0.15) is 5.75 Å². The van der Waals surface area contributed by atoms with Crippen LogP contribution in [0.1, 0.15) is 61.9 Å². The van der Waals surface area contributed by atoms with Crippen LogP contribution in [0.5, 0.6) is 5.75 Å². The highest BCUT2D eigenvalue weighted by Crippen LogP contribution is 2.31. The number of ether oxygens (including phenoxy) is 2. The Morgan fingerprint density at radius 3 is 2.71 bits per heavy atom. The van der Waals surface area contributed by atoms with Gasteiger partial charge in [-0.05, 0) is 43.9 Å². The second kappa shape index (κ2) is 7.60. The zero-order valence-electron chi connectivity index (χ0n) is 13.4. The molecule has 1 aliphatic carbocycles. The topological polar surface area (TPSA) is 35.5 Å². The molecule has 0 radical (unpaired) electrons. The van der Waals surface area contributed by atoms with Gasteiger partial charge in [0.05, 0.1) is 19.8 Å². The third kappa shape index (κ3) is 4.07. The lowest BCUT2D eigenvalue weighted by Gasteiger charge is -2.31. The van der Waals surface area contributed by atoms with Gasteiger partial charge in [0.2, 0.25) is 0 Å². The summed E-state index contributed by atoms with van der Waals surface area (Å²) in [6, 6.07) is 5.55. The molecular formula is C18H26O3. The SMILES string of the molecule is CCC1CCCCC1OCc1cc(C(C)=O)ccc1OC. The summed E-state index contributed by atoms with van der Waals surface area (Å²) < 4.78 is 11.5. The van der Waals surface area contributed by atoms with Crippen molar-refractivity contribution in [2.24, 2.45) is 5.92 Å². The molecule has 1 fully saturated rings. The van der Waals surface area contributed by atoms with Gasteiger partial charge in [0.25, 0.3) is 0 Å². The molecule has 2 unspecified atom stereocenters. The Bertz CT molecular complexity index is 481. The summed E-state index contributed by atoms with van der Waals surface area (Å²) in [5.41, 5.74) is 1.68. The fourth-order valence-electron chi connectivity index (χ4n) is 3.17. The molecule has 1 saturated carbocycles. The summed E-state index contributed by atoms with van der Waals surface area (Å²) in [7, 11) is 1.65. The van der Waals surface area contributed by atoms with E-state index in [0.29, 0.717) is 24.2 Å². The maximum absolute atomic E-state index is 11.5. The van der Waals surface area contributed by atoms with Crippen molar-refractivity contribution in [1.82, 2.24) is 0 Å². The molecule has 0 heterocycles. The van der Waals surface area contributed by atoms with Crippen LogP contribution >= 0.6 is 0 Å². The van der Waals surface area contributed by atoms with Gasteiger partial charge >= 0.3 is 0 Å². The highest BCUT2D eigenvalue weighted by Gasteiger charge is 2.24. The van der Waals surface area contributed by atoms with E-state index in [1.54, 1.807) is 20.1 Å². The van der Waals surface area contributed by atoms with E-state index in [1.807, 2.05) is 12.1 Å². The molecule has 0 saturated heterocycles. The van der Waals surface area contributed by atoms with Crippen LogP contribution in [-0.4, -0.2) is 19.0 Å². The van der Waals surface area contributed by atoms with Crippen LogP contribution in [0.2, 0.25) is 0 Å². The summed E-state index contributed by atoms with van der Waals surface area (Å²) in [5, 5.41) is 0. The van der Waals surface area contributed by atoms with Crippen molar-refractivity contribution < 1.29 is 14.3 Å². The molecule has 0 N–H and O–H groups in total. The largest absolute Gasteiger partial charge is 0.496 e. The summed E-state index contributed by atoms with van der Waals surface area (Å²) in [5.74, 6) is 1.53. The molecular weight excluding hydrogens is 264 g/mol. The number of Topliss-reactive ketones (excluding diaryl/α,β-unsaturated/α-hetero) is 1. The van der Waals surface area contributed by atoms with Crippen molar-refractivity contribution in [3.05, 3.63) is 29.3 Å². The van der Waals surface area contributed by atoms with E-state index in [9.17, 15) is 4.79 Å². The molecule has 0 bridgehead atoms. The minimum absolute atomic E-state index is 0.0722. The number of rotatable bonds is 6. The number of hydrogen-bond acceptors (Lipinski definition) is 3. The molecule has 2 rings (SSSR count). The predicted octanol–water partition coefficient (Wildman–Crippen LogP) is 4.38. The molecule has 116 valence electrons. The van der Waals surface area contributed by atoms with E-state index >= 15 is 0 Å². The first-order valence-electron chi connectivity index (χ1n) is 7.95. The Morgan fingerprint density at radius 1 is 1.29 bits per heavy atom. The highest BCUT2D eigenvalue weighted by atomic mass is 16.5. The molecule has 1 aromatic carbocycles. The zero-order chi connectivity index (χ0) is 15.2. The highest BCUT2D eigenvalue weighted by molar-refractivity contribution is 5.94. The molecule has 0 aliphatic heterocycles. The van der Waals surface area contributed by atoms with Crippen molar-refractivity contribution in [2.75, 3.05) is 7.11 Å². The van der Waals surface area contributed by atoms with Gasteiger partial charge in [-0.3, -0.25) is 4.79 Å². The summed E-state index contributed by atoms with van der Waals surface area (Å²) in [6.07, 6.45) is 6.51. The Morgan fingerprint density at radius 2 is 2.05 bits per heavy atom. The minimum atomic E-state index is 0.0722. The van der Waals surface area contributed by atoms with Gasteiger partial charge in [-0.2, -0.15) is 0 Å². The molecule has 0 amide bonds. The van der Waals surface area contributed by atoms with E-state index in [0.717, 1.165) is 17.7 Å². The van der Waals surface area contributed by atoms with Crippen LogP contribution in [0.25, 0.3) is 0 Å². The first-order valence-corrected chi connectivity index (χ1v) is 7.95. The fraction of sp³-hybridized carbons (Fsp3) is 0.611. The molecule has 21 heavy (non-hydrogen) atoms. The lowest BCUT2D eigenvalue weighted by Crippen LogP contribution is -2.27. The number of methoxy groups -OCH3 is 1. The van der Waals surface area contributed by atoms with Crippen LogP contribution in [0.15, 0.2) is 18.2 Å². The third-order valence-corrected chi connectivity index (χ3v) is 4.50. The van der Waals surface area contributed by atoms with Gasteiger partial charge in [-0.15, -0.1) is 0 Å². The quantitative estimate of drug-likeness (QED) is 0.729. The molecule has 0 spiro atoms. The monoisotopic (exact) mass is 290 g/mol. The molecule has 1 aliphatic rings. The molecule has 3 heteroatoms. The first-order chi connectivity index (χ1) is 10.2. The molecule has 2 atom stereocenters. The fourth-order valence-corrected chi connectivity index (χ4v) is 3.17. The first kappa shape index (κ1) is 16.0. The Hall–Kier alpha value is -1.35. The maximum atomic E-state index is 11.5. The molecule has 3 nitrogen and oxygen atoms in total. The van der Waals surface area contributed by atoms with Gasteiger partial charge in [0.15, 0.2) is 5.78 Å². The van der Waals surface area contributed by atoms with Crippen LogP contribution < -0.4 is 4.74 Å². The summed E-state index contributed by atoms with van der Waals surface area (Å²) in [4.78, 5) is 11.5. The lowest BCUT2D eigenvalue weighted by atomic mass is 9.85. The average Bonchev–Trinajstić information content (AvgIpc) is 2.52. The van der Waals surface area contributed by atoms with Crippen molar-refractivity contribution in [3.8, 4) is 5.75 Å². The molecule has 1 aromatic rings. The van der Waals surface area contributed by atoms with E-state index in [-0.39, 0.29) is 5.78 Å². The van der Waals surface area contributed by atoms with Crippen LogP contribution in [0.3, 0.4) is 0 Å². The number of ketones is 1. The van der Waals surface area contributed by atoms with Gasteiger partial charge in [0, 0.05) is 11.1 Å². The van der Waals surface area contributed by atoms with Crippen molar-refractivity contribution >= 4 is 5.78 Å². The van der Waals surface area contributed by atoms with E-state index in [1.165, 1.54) is 25.7 Å². The third-order valence-electron chi connectivity index (χ3n) is 4.50. The van der Waals surface area contributed by atoms with Gasteiger partial charge in [-0.25, -0.2) is 0 Å². The van der Waals surface area contributed by atoms with Crippen LogP contribution in [0.4, 0.5) is 0 Å². The zero-order valence-corrected chi connectivity index (χ0v) is 13.4. The van der Waals surface area contributed by atoms with Crippen LogP contribution in [-0.2, 0) is 11.3 Å². The molecule has 0 aromatic heterocycles.